The Balaban J connectivity index is 2.24. The number of nitrogens with zero attached hydrogens (tertiary/aromatic N) is 3. The first-order valence-corrected chi connectivity index (χ1v) is 6.02. The largest absolute Gasteiger partial charge is 0.467 e. The second-order valence-corrected chi connectivity index (χ2v) is 4.96. The van der Waals surface area contributed by atoms with Gasteiger partial charge in [0.1, 0.15) is 0 Å². The summed E-state index contributed by atoms with van der Waals surface area (Å²) >= 11 is 8.76. The maximum Gasteiger partial charge on any atom is 0.321 e. The van der Waals surface area contributed by atoms with Crippen LogP contribution in [0.2, 0.25) is 5.28 Å². The van der Waals surface area contributed by atoms with Crippen molar-refractivity contribution in [2.24, 2.45) is 0 Å². The smallest absolute Gasteiger partial charge is 0.321 e. The summed E-state index contributed by atoms with van der Waals surface area (Å²) in [5, 5.41) is 2.66. The van der Waals surface area contributed by atoms with E-state index in [9.17, 15) is 0 Å². The molecule has 0 spiro atoms. The molecule has 2 rings (SSSR count). The van der Waals surface area contributed by atoms with Crippen molar-refractivity contribution in [2.45, 2.75) is 9.37 Å². The third-order valence-corrected chi connectivity index (χ3v) is 3.51. The number of methoxy groups -OCH3 is 1. The van der Waals surface area contributed by atoms with Crippen molar-refractivity contribution in [3.63, 3.8) is 0 Å². The topological polar surface area (TPSA) is 47.9 Å². The lowest BCUT2D eigenvalue weighted by atomic mass is 10.7. The summed E-state index contributed by atoms with van der Waals surface area (Å²) in [4.78, 5) is 11.8. The van der Waals surface area contributed by atoms with Gasteiger partial charge in [-0.05, 0) is 34.8 Å². The van der Waals surface area contributed by atoms with Gasteiger partial charge in [-0.3, -0.25) is 0 Å². The molecule has 7 heteroatoms. The van der Waals surface area contributed by atoms with E-state index in [-0.39, 0.29) is 11.3 Å². The molecule has 0 bridgehead atoms. The molecule has 0 amide bonds. The van der Waals surface area contributed by atoms with Gasteiger partial charge in [-0.1, -0.05) is 6.07 Å². The molecule has 0 saturated heterocycles. The van der Waals surface area contributed by atoms with E-state index < -0.39 is 0 Å². The molecule has 15 heavy (non-hydrogen) atoms. The van der Waals surface area contributed by atoms with Crippen LogP contribution >= 0.6 is 34.7 Å². The fraction of sp³-hybridized carbons (Fsp3) is 0.125. The average Bonchev–Trinajstić information content (AvgIpc) is 2.69. The fourth-order valence-electron chi connectivity index (χ4n) is 0.863. The Morgan fingerprint density at radius 2 is 2.27 bits per heavy atom. The van der Waals surface area contributed by atoms with E-state index in [0.29, 0.717) is 5.16 Å². The molecular formula is C8H6ClN3OS2. The van der Waals surface area contributed by atoms with Crippen LogP contribution in [0.4, 0.5) is 0 Å². The number of rotatable bonds is 3. The minimum absolute atomic E-state index is 0.140. The molecular weight excluding hydrogens is 254 g/mol. The lowest BCUT2D eigenvalue weighted by Crippen LogP contribution is -1.96. The highest BCUT2D eigenvalue weighted by Gasteiger charge is 2.07. The van der Waals surface area contributed by atoms with Crippen LogP contribution in [0.5, 0.6) is 6.01 Å². The second kappa shape index (κ2) is 4.78. The van der Waals surface area contributed by atoms with E-state index in [0.717, 1.165) is 4.21 Å². The van der Waals surface area contributed by atoms with Crippen LogP contribution in [0.25, 0.3) is 0 Å². The molecule has 0 aliphatic rings. The van der Waals surface area contributed by atoms with E-state index in [4.69, 9.17) is 16.3 Å². The van der Waals surface area contributed by atoms with Gasteiger partial charge in [0.2, 0.25) is 10.4 Å². The van der Waals surface area contributed by atoms with Crippen molar-refractivity contribution >= 4 is 34.7 Å². The van der Waals surface area contributed by atoms with Gasteiger partial charge in [-0.25, -0.2) is 0 Å². The third-order valence-electron chi connectivity index (χ3n) is 1.44. The molecule has 0 fully saturated rings. The highest BCUT2D eigenvalue weighted by atomic mass is 35.5. The number of hydrogen-bond acceptors (Lipinski definition) is 6. The first-order valence-electron chi connectivity index (χ1n) is 3.95. The van der Waals surface area contributed by atoms with Gasteiger partial charge in [0, 0.05) is 0 Å². The summed E-state index contributed by atoms with van der Waals surface area (Å²) in [6.45, 7) is 0. The van der Waals surface area contributed by atoms with Crippen LogP contribution in [-0.4, -0.2) is 22.1 Å². The highest BCUT2D eigenvalue weighted by molar-refractivity contribution is 8.01. The summed E-state index contributed by atoms with van der Waals surface area (Å²) in [5.41, 5.74) is 0. The van der Waals surface area contributed by atoms with Crippen molar-refractivity contribution in [3.8, 4) is 6.01 Å². The highest BCUT2D eigenvalue weighted by Crippen LogP contribution is 2.29. The molecule has 0 N–H and O–H groups in total. The van der Waals surface area contributed by atoms with Crippen molar-refractivity contribution in [1.29, 1.82) is 0 Å². The Morgan fingerprint density at radius 3 is 2.93 bits per heavy atom. The molecule has 78 valence electrons. The maximum absolute atomic E-state index is 5.72. The van der Waals surface area contributed by atoms with Gasteiger partial charge in [0.25, 0.3) is 0 Å². The van der Waals surface area contributed by atoms with Crippen molar-refractivity contribution in [2.75, 3.05) is 7.11 Å². The van der Waals surface area contributed by atoms with E-state index in [2.05, 4.69) is 15.0 Å². The molecule has 0 unspecified atom stereocenters. The normalized spacial score (nSPS) is 10.3. The Kier molecular flexibility index (Phi) is 3.40. The standard InChI is InChI=1S/C8H6ClN3OS2/c1-13-7-10-6(9)11-8(12-7)15-5-3-2-4-14-5/h2-4H,1H3. The molecule has 0 radical (unpaired) electrons. The minimum Gasteiger partial charge on any atom is -0.467 e. The molecule has 2 heterocycles. The summed E-state index contributed by atoms with van der Waals surface area (Å²) in [5.74, 6) is 0. The SMILES string of the molecule is COc1nc(Cl)nc(Sc2cccs2)n1. The van der Waals surface area contributed by atoms with Gasteiger partial charge in [0.05, 0.1) is 11.3 Å². The van der Waals surface area contributed by atoms with Gasteiger partial charge in [0.15, 0.2) is 0 Å². The maximum atomic E-state index is 5.72. The quantitative estimate of drug-likeness (QED) is 0.848. The van der Waals surface area contributed by atoms with E-state index >= 15 is 0 Å². The van der Waals surface area contributed by atoms with Gasteiger partial charge in [-0.15, -0.1) is 11.3 Å². The summed E-state index contributed by atoms with van der Waals surface area (Å²) in [6.07, 6.45) is 0. The molecule has 2 aromatic rings. The summed E-state index contributed by atoms with van der Waals surface area (Å²) in [7, 11) is 1.49. The summed E-state index contributed by atoms with van der Waals surface area (Å²) < 4.78 is 5.99. The zero-order valence-electron chi connectivity index (χ0n) is 7.68. The van der Waals surface area contributed by atoms with Crippen molar-refractivity contribution in [1.82, 2.24) is 15.0 Å². The van der Waals surface area contributed by atoms with Crippen LogP contribution < -0.4 is 4.74 Å². The van der Waals surface area contributed by atoms with Crippen LogP contribution in [0.15, 0.2) is 26.9 Å². The Labute approximate surface area is 99.7 Å². The molecule has 0 saturated carbocycles. The van der Waals surface area contributed by atoms with Crippen molar-refractivity contribution < 1.29 is 4.74 Å². The first-order chi connectivity index (χ1) is 7.28. The lowest BCUT2D eigenvalue weighted by molar-refractivity contribution is 0.373. The third kappa shape index (κ3) is 2.80. The lowest BCUT2D eigenvalue weighted by Gasteiger charge is -2.00. The Bertz CT molecular complexity index is 449. The molecule has 2 aromatic heterocycles. The number of halogens is 1. The Hall–Kier alpha value is -0.850. The van der Waals surface area contributed by atoms with E-state index in [1.54, 1.807) is 11.3 Å². The van der Waals surface area contributed by atoms with Crippen LogP contribution in [0.1, 0.15) is 0 Å². The predicted molar refractivity (Wildman–Crippen MR) is 59.8 cm³/mol. The average molecular weight is 260 g/mol. The molecule has 4 nitrogen and oxygen atoms in total. The fourth-order valence-corrected chi connectivity index (χ4v) is 2.68. The molecule has 0 atom stereocenters. The van der Waals surface area contributed by atoms with E-state index in [1.165, 1.54) is 18.9 Å². The minimum atomic E-state index is 0.140. The number of thiophene rings is 1. The number of aromatic nitrogens is 3. The monoisotopic (exact) mass is 259 g/mol. The molecule has 0 aliphatic heterocycles. The van der Waals surface area contributed by atoms with Crippen LogP contribution in [-0.2, 0) is 0 Å². The second-order valence-electron chi connectivity index (χ2n) is 2.41. The Morgan fingerprint density at radius 1 is 1.40 bits per heavy atom. The van der Waals surface area contributed by atoms with Crippen LogP contribution in [0, 0.1) is 0 Å². The van der Waals surface area contributed by atoms with Gasteiger partial charge in [-0.2, -0.15) is 15.0 Å². The van der Waals surface area contributed by atoms with Crippen molar-refractivity contribution in [3.05, 3.63) is 22.8 Å². The first kappa shape index (κ1) is 10.7. The van der Waals surface area contributed by atoms with Gasteiger partial charge >= 0.3 is 6.01 Å². The zero-order chi connectivity index (χ0) is 10.7. The van der Waals surface area contributed by atoms with Gasteiger partial charge < -0.3 is 4.74 Å². The number of hydrogen-bond donors (Lipinski definition) is 0. The molecule has 0 aliphatic carbocycles. The summed E-state index contributed by atoms with van der Waals surface area (Å²) in [6, 6.07) is 4.18. The molecule has 0 aromatic carbocycles. The zero-order valence-corrected chi connectivity index (χ0v) is 10.1. The number of ether oxygens (including phenoxy) is 1. The predicted octanol–water partition coefficient (Wildman–Crippen LogP) is 2.75. The van der Waals surface area contributed by atoms with E-state index in [1.807, 2.05) is 17.5 Å². The van der Waals surface area contributed by atoms with Crippen LogP contribution in [0.3, 0.4) is 0 Å².